The number of nitrogens with one attached hydrogen (secondary N) is 2. The Morgan fingerprint density at radius 3 is 3.00 bits per heavy atom. The molecule has 0 spiro atoms. The zero-order chi connectivity index (χ0) is 20.5. The molecule has 29 heavy (non-hydrogen) atoms. The molecule has 152 valence electrons. The van der Waals surface area contributed by atoms with Gasteiger partial charge >= 0.3 is 0 Å². The van der Waals surface area contributed by atoms with Crippen LogP contribution in [-0.4, -0.2) is 39.8 Å². The molecule has 3 heterocycles. The summed E-state index contributed by atoms with van der Waals surface area (Å²) in [7, 11) is 0. The highest BCUT2D eigenvalue weighted by Crippen LogP contribution is 2.38. The van der Waals surface area contributed by atoms with E-state index in [9.17, 15) is 9.18 Å². The quantitative estimate of drug-likeness (QED) is 0.689. The van der Waals surface area contributed by atoms with Gasteiger partial charge < -0.3 is 20.1 Å². The summed E-state index contributed by atoms with van der Waals surface area (Å²) < 4.78 is 27.6. The first-order valence-electron chi connectivity index (χ1n) is 9.44. The van der Waals surface area contributed by atoms with Crippen molar-refractivity contribution in [3.8, 4) is 11.5 Å². The van der Waals surface area contributed by atoms with E-state index in [1.165, 1.54) is 22.8 Å². The Hall–Kier alpha value is -3.36. The zero-order valence-corrected chi connectivity index (χ0v) is 16.4. The minimum atomic E-state index is -0.421. The number of fused-ring (bicyclic) bond motifs is 2. The van der Waals surface area contributed by atoms with Gasteiger partial charge in [0.1, 0.15) is 23.8 Å². The van der Waals surface area contributed by atoms with Crippen molar-refractivity contribution in [3.63, 3.8) is 0 Å². The lowest BCUT2D eigenvalue weighted by atomic mass is 10.1. The Labute approximate surface area is 167 Å². The van der Waals surface area contributed by atoms with Gasteiger partial charge in [0.05, 0.1) is 24.9 Å². The summed E-state index contributed by atoms with van der Waals surface area (Å²) in [6.45, 7) is 6.06. The lowest BCUT2D eigenvalue weighted by Gasteiger charge is -2.22. The Morgan fingerprint density at radius 2 is 2.21 bits per heavy atom. The van der Waals surface area contributed by atoms with Gasteiger partial charge in [0.15, 0.2) is 17.1 Å². The molecule has 0 unspecified atom stereocenters. The van der Waals surface area contributed by atoms with E-state index in [-0.39, 0.29) is 31.2 Å². The van der Waals surface area contributed by atoms with Crippen LogP contribution in [0.1, 0.15) is 42.7 Å². The van der Waals surface area contributed by atoms with Gasteiger partial charge in [-0.05, 0) is 32.9 Å². The molecule has 1 aliphatic heterocycles. The number of hydrogen-bond donors (Lipinski definition) is 2. The van der Waals surface area contributed by atoms with Gasteiger partial charge in [0.2, 0.25) is 0 Å². The molecule has 4 rings (SSSR count). The average molecular weight is 399 g/mol. The Kier molecular flexibility index (Phi) is 4.96. The highest BCUT2D eigenvalue weighted by molar-refractivity contribution is 5.99. The van der Waals surface area contributed by atoms with Crippen molar-refractivity contribution >= 4 is 17.4 Å². The fourth-order valence-corrected chi connectivity index (χ4v) is 3.23. The number of ether oxygens (including phenoxy) is 2. The first kappa shape index (κ1) is 19.0. The molecule has 0 fully saturated rings. The molecule has 1 aliphatic rings. The van der Waals surface area contributed by atoms with E-state index in [0.29, 0.717) is 34.1 Å². The molecule has 0 aliphatic carbocycles. The van der Waals surface area contributed by atoms with E-state index in [1.807, 2.05) is 20.8 Å². The SMILES string of the molecule is CC(C)Oc1cc(F)cc2c1OCCNC(=O)c1cnn3ccc(nc13)N[C@@H]2C. The molecule has 0 saturated heterocycles. The summed E-state index contributed by atoms with van der Waals surface area (Å²) in [5, 5.41) is 10.2. The monoisotopic (exact) mass is 399 g/mol. The maximum Gasteiger partial charge on any atom is 0.256 e. The smallest absolute Gasteiger partial charge is 0.256 e. The van der Waals surface area contributed by atoms with Crippen molar-refractivity contribution in [3.05, 3.63) is 47.5 Å². The Morgan fingerprint density at radius 1 is 1.38 bits per heavy atom. The second-order valence-corrected chi connectivity index (χ2v) is 7.10. The van der Waals surface area contributed by atoms with E-state index < -0.39 is 5.82 Å². The molecule has 1 amide bonds. The number of aromatic nitrogens is 3. The zero-order valence-electron chi connectivity index (χ0n) is 16.4. The average Bonchev–Trinajstić information content (AvgIpc) is 3.08. The molecular weight excluding hydrogens is 377 g/mol. The van der Waals surface area contributed by atoms with Crippen molar-refractivity contribution in [1.29, 1.82) is 0 Å². The lowest BCUT2D eigenvalue weighted by molar-refractivity contribution is 0.0948. The molecular formula is C20H22FN5O3. The van der Waals surface area contributed by atoms with E-state index >= 15 is 0 Å². The summed E-state index contributed by atoms with van der Waals surface area (Å²) in [6, 6.07) is 4.13. The number of anilines is 1. The molecule has 2 aromatic heterocycles. The number of rotatable bonds is 2. The molecule has 2 N–H and O–H groups in total. The number of carbonyl (C=O) groups excluding carboxylic acids is 1. The van der Waals surface area contributed by atoms with Crippen molar-refractivity contribution < 1.29 is 18.7 Å². The molecule has 9 heteroatoms. The Bertz CT molecular complexity index is 1070. The minimum absolute atomic E-state index is 0.153. The van der Waals surface area contributed by atoms with Gasteiger partial charge in [-0.1, -0.05) is 0 Å². The predicted octanol–water partition coefficient (Wildman–Crippen LogP) is 2.95. The first-order valence-corrected chi connectivity index (χ1v) is 9.44. The molecule has 8 nitrogen and oxygen atoms in total. The number of carbonyl (C=O) groups is 1. The van der Waals surface area contributed by atoms with Crippen LogP contribution in [0.25, 0.3) is 5.65 Å². The van der Waals surface area contributed by atoms with E-state index in [1.54, 1.807) is 12.3 Å². The topological polar surface area (TPSA) is 89.8 Å². The van der Waals surface area contributed by atoms with E-state index in [2.05, 4.69) is 20.7 Å². The van der Waals surface area contributed by atoms with Crippen LogP contribution in [0.15, 0.2) is 30.6 Å². The second-order valence-electron chi connectivity index (χ2n) is 7.10. The highest BCUT2D eigenvalue weighted by Gasteiger charge is 2.22. The maximum atomic E-state index is 14.3. The number of benzene rings is 1. The largest absolute Gasteiger partial charge is 0.487 e. The fourth-order valence-electron chi connectivity index (χ4n) is 3.23. The predicted molar refractivity (Wildman–Crippen MR) is 105 cm³/mol. The summed E-state index contributed by atoms with van der Waals surface area (Å²) in [5.41, 5.74) is 1.40. The lowest BCUT2D eigenvalue weighted by Crippen LogP contribution is -2.28. The van der Waals surface area contributed by atoms with Gasteiger partial charge in [0.25, 0.3) is 5.91 Å². The second kappa shape index (κ2) is 7.57. The minimum Gasteiger partial charge on any atom is -0.487 e. The van der Waals surface area contributed by atoms with E-state index in [0.717, 1.165) is 0 Å². The number of amides is 1. The van der Waals surface area contributed by atoms with Crippen molar-refractivity contribution in [1.82, 2.24) is 19.9 Å². The first-order chi connectivity index (χ1) is 13.9. The molecule has 1 atom stereocenters. The molecule has 2 bridgehead atoms. The van der Waals surface area contributed by atoms with Gasteiger partial charge in [-0.15, -0.1) is 0 Å². The Balaban J connectivity index is 1.80. The van der Waals surface area contributed by atoms with Crippen LogP contribution in [0, 0.1) is 5.82 Å². The van der Waals surface area contributed by atoms with Crippen LogP contribution >= 0.6 is 0 Å². The molecule has 3 aromatic rings. The van der Waals surface area contributed by atoms with Crippen LogP contribution in [0.5, 0.6) is 11.5 Å². The van der Waals surface area contributed by atoms with E-state index in [4.69, 9.17) is 9.47 Å². The summed E-state index contributed by atoms with van der Waals surface area (Å²) >= 11 is 0. The van der Waals surface area contributed by atoms with Crippen LogP contribution in [0.3, 0.4) is 0 Å². The molecule has 0 saturated carbocycles. The molecule has 0 radical (unpaired) electrons. The van der Waals surface area contributed by atoms with Crippen LogP contribution in [0.4, 0.5) is 10.2 Å². The highest BCUT2D eigenvalue weighted by atomic mass is 19.1. The van der Waals surface area contributed by atoms with Crippen LogP contribution < -0.4 is 20.1 Å². The van der Waals surface area contributed by atoms with Crippen molar-refractivity contribution in [2.45, 2.75) is 32.9 Å². The van der Waals surface area contributed by atoms with Gasteiger partial charge in [-0.2, -0.15) is 5.10 Å². The third-order valence-corrected chi connectivity index (χ3v) is 4.49. The summed E-state index contributed by atoms with van der Waals surface area (Å²) in [4.78, 5) is 17.0. The standard InChI is InChI=1S/C20H22FN5O3/c1-11(2)29-16-9-13(21)8-14-12(3)24-17-4-6-26-19(25-17)15(10-23-26)20(27)22-5-7-28-18(14)16/h4,6,8-12H,5,7H2,1-3H3,(H,22,27)(H,24,25)/t12-/m1/s1. The third kappa shape index (κ3) is 3.80. The van der Waals surface area contributed by atoms with Crippen molar-refractivity contribution in [2.24, 2.45) is 0 Å². The van der Waals surface area contributed by atoms with Gasteiger partial charge in [-0.25, -0.2) is 13.9 Å². The fraction of sp³-hybridized carbons (Fsp3) is 0.350. The van der Waals surface area contributed by atoms with Crippen LogP contribution in [-0.2, 0) is 0 Å². The summed E-state index contributed by atoms with van der Waals surface area (Å²) in [6.07, 6.45) is 3.04. The maximum absolute atomic E-state index is 14.3. The normalized spacial score (nSPS) is 16.9. The van der Waals surface area contributed by atoms with Crippen molar-refractivity contribution in [2.75, 3.05) is 18.5 Å². The van der Waals surface area contributed by atoms with Gasteiger partial charge in [0, 0.05) is 17.8 Å². The molecule has 1 aromatic carbocycles. The summed E-state index contributed by atoms with van der Waals surface area (Å²) in [5.74, 6) is 0.581. The number of halogens is 1. The van der Waals surface area contributed by atoms with Gasteiger partial charge in [-0.3, -0.25) is 4.79 Å². The third-order valence-electron chi connectivity index (χ3n) is 4.49. The van der Waals surface area contributed by atoms with Crippen LogP contribution in [0.2, 0.25) is 0 Å². The number of hydrogen-bond acceptors (Lipinski definition) is 6. The number of nitrogens with zero attached hydrogens (tertiary/aromatic N) is 3.